The van der Waals surface area contributed by atoms with E-state index in [0.29, 0.717) is 17.3 Å². The van der Waals surface area contributed by atoms with Gasteiger partial charge in [0.2, 0.25) is 0 Å². The molecular formula is C13H14N2O2S. The molecule has 1 fully saturated rings. The largest absolute Gasteiger partial charge is 0.367 e. The smallest absolute Gasteiger partial charge is 0.296 e. The monoisotopic (exact) mass is 262 g/mol. The van der Waals surface area contributed by atoms with Gasteiger partial charge in [-0.1, -0.05) is 0 Å². The minimum atomic E-state index is -0.524. The van der Waals surface area contributed by atoms with Crippen LogP contribution >= 0.6 is 11.8 Å². The molecule has 1 aromatic carbocycles. The van der Waals surface area contributed by atoms with Crippen LogP contribution in [0.1, 0.15) is 17.3 Å². The Labute approximate surface area is 110 Å². The van der Waals surface area contributed by atoms with Crippen LogP contribution in [0.2, 0.25) is 0 Å². The molecule has 1 unspecified atom stereocenters. The topological polar surface area (TPSA) is 49.4 Å². The van der Waals surface area contributed by atoms with Gasteiger partial charge >= 0.3 is 0 Å². The summed E-state index contributed by atoms with van der Waals surface area (Å²) in [6, 6.07) is 6.07. The van der Waals surface area contributed by atoms with Crippen LogP contribution in [0.25, 0.3) is 0 Å². The van der Waals surface area contributed by atoms with Crippen molar-refractivity contribution in [2.45, 2.75) is 13.0 Å². The van der Waals surface area contributed by atoms with E-state index >= 15 is 0 Å². The van der Waals surface area contributed by atoms with Crippen LogP contribution in [0.15, 0.2) is 18.2 Å². The van der Waals surface area contributed by atoms with Crippen molar-refractivity contribution in [2.75, 3.05) is 28.3 Å². The van der Waals surface area contributed by atoms with Gasteiger partial charge in [0, 0.05) is 29.8 Å². The molecule has 5 heteroatoms. The Morgan fingerprint density at radius 2 is 2.22 bits per heavy atom. The van der Waals surface area contributed by atoms with Gasteiger partial charge < -0.3 is 10.2 Å². The van der Waals surface area contributed by atoms with Crippen molar-refractivity contribution in [3.8, 4) is 0 Å². The van der Waals surface area contributed by atoms with Crippen molar-refractivity contribution in [3.05, 3.63) is 23.8 Å². The van der Waals surface area contributed by atoms with Crippen LogP contribution in [0.4, 0.5) is 11.4 Å². The zero-order valence-electron chi connectivity index (χ0n) is 10.1. The van der Waals surface area contributed by atoms with E-state index in [-0.39, 0.29) is 0 Å². The van der Waals surface area contributed by atoms with Crippen LogP contribution in [0, 0.1) is 0 Å². The average Bonchev–Trinajstić information content (AvgIpc) is 2.65. The lowest BCUT2D eigenvalue weighted by Gasteiger charge is -2.35. The third kappa shape index (κ3) is 1.79. The summed E-state index contributed by atoms with van der Waals surface area (Å²) in [4.78, 5) is 25.1. The fourth-order valence-corrected chi connectivity index (χ4v) is 3.44. The highest BCUT2D eigenvalue weighted by atomic mass is 32.2. The fourth-order valence-electron chi connectivity index (χ4n) is 2.42. The molecule has 1 aromatic rings. The van der Waals surface area contributed by atoms with Crippen molar-refractivity contribution in [1.29, 1.82) is 0 Å². The molecule has 2 heterocycles. The number of carbonyl (C=O) groups is 2. The number of rotatable bonds is 1. The van der Waals surface area contributed by atoms with Gasteiger partial charge in [-0.2, -0.15) is 11.8 Å². The van der Waals surface area contributed by atoms with E-state index in [4.69, 9.17) is 0 Å². The Morgan fingerprint density at radius 1 is 1.39 bits per heavy atom. The minimum Gasteiger partial charge on any atom is -0.367 e. The molecule has 1 saturated heterocycles. The van der Waals surface area contributed by atoms with E-state index < -0.39 is 11.7 Å². The molecule has 94 valence electrons. The average molecular weight is 262 g/mol. The Balaban J connectivity index is 1.94. The van der Waals surface area contributed by atoms with Gasteiger partial charge in [-0.25, -0.2) is 0 Å². The molecule has 1 N–H and O–H groups in total. The number of fused-ring (bicyclic) bond motifs is 1. The Morgan fingerprint density at radius 3 is 3.00 bits per heavy atom. The molecule has 1 amide bonds. The number of Topliss-reactive ketones (excluding diaryl/α,β-unsaturated/α-hetero) is 1. The number of ketones is 1. The van der Waals surface area contributed by atoms with E-state index in [1.165, 1.54) is 0 Å². The Bertz CT molecular complexity index is 530. The van der Waals surface area contributed by atoms with E-state index in [9.17, 15) is 9.59 Å². The summed E-state index contributed by atoms with van der Waals surface area (Å²) in [6.45, 7) is 3.20. The third-order valence-corrected chi connectivity index (χ3v) is 4.59. The van der Waals surface area contributed by atoms with Gasteiger partial charge in [0.15, 0.2) is 0 Å². The lowest BCUT2D eigenvalue weighted by molar-refractivity contribution is -0.112. The molecule has 2 aliphatic heterocycles. The van der Waals surface area contributed by atoms with Crippen molar-refractivity contribution >= 4 is 34.8 Å². The first-order valence-electron chi connectivity index (χ1n) is 6.01. The molecule has 18 heavy (non-hydrogen) atoms. The third-order valence-electron chi connectivity index (χ3n) is 3.40. The molecule has 0 saturated carbocycles. The minimum absolute atomic E-state index is 0.432. The number of carbonyl (C=O) groups excluding carboxylic acids is 2. The summed E-state index contributed by atoms with van der Waals surface area (Å²) in [5, 5.41) is 2.62. The molecule has 2 aliphatic rings. The predicted octanol–water partition coefficient (Wildman–Crippen LogP) is 1.76. The summed E-state index contributed by atoms with van der Waals surface area (Å²) in [7, 11) is 0. The molecule has 0 bridgehead atoms. The number of benzene rings is 1. The summed E-state index contributed by atoms with van der Waals surface area (Å²) in [5.41, 5.74) is 2.22. The summed E-state index contributed by atoms with van der Waals surface area (Å²) in [6.07, 6.45) is 0. The number of hydrogen-bond donors (Lipinski definition) is 1. The van der Waals surface area contributed by atoms with Crippen LogP contribution in [-0.4, -0.2) is 35.8 Å². The van der Waals surface area contributed by atoms with Gasteiger partial charge in [0.25, 0.3) is 11.7 Å². The van der Waals surface area contributed by atoms with Gasteiger partial charge in [-0.15, -0.1) is 0 Å². The van der Waals surface area contributed by atoms with Crippen LogP contribution in [0.3, 0.4) is 0 Å². The lowest BCUT2D eigenvalue weighted by atomic mass is 10.1. The zero-order valence-corrected chi connectivity index (χ0v) is 10.9. The Hall–Kier alpha value is -1.49. The van der Waals surface area contributed by atoms with Gasteiger partial charge in [0.05, 0.1) is 11.3 Å². The maximum absolute atomic E-state index is 11.5. The number of thioether (sulfide) groups is 1. The highest BCUT2D eigenvalue weighted by molar-refractivity contribution is 7.99. The highest BCUT2D eigenvalue weighted by Crippen LogP contribution is 2.31. The van der Waals surface area contributed by atoms with Crippen molar-refractivity contribution in [2.24, 2.45) is 0 Å². The second-order valence-corrected chi connectivity index (χ2v) is 5.78. The van der Waals surface area contributed by atoms with Crippen LogP contribution < -0.4 is 10.2 Å². The first-order chi connectivity index (χ1) is 8.66. The highest BCUT2D eigenvalue weighted by Gasteiger charge is 2.29. The summed E-state index contributed by atoms with van der Waals surface area (Å²) < 4.78 is 0. The van der Waals surface area contributed by atoms with E-state index in [1.54, 1.807) is 6.07 Å². The summed E-state index contributed by atoms with van der Waals surface area (Å²) in [5.74, 6) is 1.28. The number of amides is 1. The molecule has 0 spiro atoms. The molecule has 3 rings (SSSR count). The SMILES string of the molecule is CC1CSCCN1c1ccc2c(c1)NC(=O)C2=O. The standard InChI is InChI=1S/C13H14N2O2S/c1-8-7-18-5-4-15(8)9-2-3-10-11(6-9)14-13(17)12(10)16/h2-3,6,8H,4-5,7H2,1H3,(H,14,16,17). The zero-order chi connectivity index (χ0) is 12.7. The predicted molar refractivity (Wildman–Crippen MR) is 73.5 cm³/mol. The number of hydrogen-bond acceptors (Lipinski definition) is 4. The van der Waals surface area contributed by atoms with E-state index in [0.717, 1.165) is 23.7 Å². The van der Waals surface area contributed by atoms with Crippen LogP contribution in [0.5, 0.6) is 0 Å². The van der Waals surface area contributed by atoms with E-state index in [1.807, 2.05) is 23.9 Å². The lowest BCUT2D eigenvalue weighted by Crippen LogP contribution is -2.40. The summed E-state index contributed by atoms with van der Waals surface area (Å²) >= 11 is 1.96. The quantitative estimate of drug-likeness (QED) is 0.784. The number of nitrogens with one attached hydrogen (secondary N) is 1. The molecule has 1 atom stereocenters. The normalized spacial score (nSPS) is 22.9. The maximum atomic E-state index is 11.5. The van der Waals surface area contributed by atoms with Crippen molar-refractivity contribution in [1.82, 2.24) is 0 Å². The molecule has 0 radical (unpaired) electrons. The number of anilines is 2. The van der Waals surface area contributed by atoms with E-state index in [2.05, 4.69) is 17.1 Å². The second-order valence-electron chi connectivity index (χ2n) is 4.63. The molecular weight excluding hydrogens is 248 g/mol. The first kappa shape index (κ1) is 11.6. The fraction of sp³-hybridized carbons (Fsp3) is 0.385. The van der Waals surface area contributed by atoms with Gasteiger partial charge in [-0.05, 0) is 25.1 Å². The van der Waals surface area contributed by atoms with Crippen molar-refractivity contribution in [3.63, 3.8) is 0 Å². The molecule has 0 aromatic heterocycles. The molecule has 0 aliphatic carbocycles. The second kappa shape index (κ2) is 4.31. The maximum Gasteiger partial charge on any atom is 0.296 e. The molecule has 4 nitrogen and oxygen atoms in total. The van der Waals surface area contributed by atoms with Gasteiger partial charge in [-0.3, -0.25) is 9.59 Å². The Kier molecular flexibility index (Phi) is 2.78. The van der Waals surface area contributed by atoms with Crippen molar-refractivity contribution < 1.29 is 9.59 Å². The van der Waals surface area contributed by atoms with Gasteiger partial charge in [0.1, 0.15) is 0 Å². The number of nitrogens with zero attached hydrogens (tertiary/aromatic N) is 1. The first-order valence-corrected chi connectivity index (χ1v) is 7.16. The van der Waals surface area contributed by atoms with Crippen LogP contribution in [-0.2, 0) is 4.79 Å².